The number of likely N-dealkylation sites (tertiary alicyclic amines) is 1. The van der Waals surface area contributed by atoms with Gasteiger partial charge in [-0.25, -0.2) is 0 Å². The van der Waals surface area contributed by atoms with Crippen LogP contribution in [-0.2, 0) is 9.59 Å². The summed E-state index contributed by atoms with van der Waals surface area (Å²) in [7, 11) is 1.89. The van der Waals surface area contributed by atoms with Crippen molar-refractivity contribution in [3.8, 4) is 0 Å². The molecule has 0 radical (unpaired) electrons. The van der Waals surface area contributed by atoms with Crippen LogP contribution in [0.1, 0.15) is 51.4 Å². The maximum Gasteiger partial charge on any atom is 0.229 e. The smallest absolute Gasteiger partial charge is 0.229 e. The molecular formula is C14H24N2O2. The quantitative estimate of drug-likeness (QED) is 0.612. The number of piperidine rings is 1. The van der Waals surface area contributed by atoms with E-state index in [9.17, 15) is 9.59 Å². The number of hydrogen-bond acceptors (Lipinski definition) is 3. The molecule has 2 amide bonds. The molecule has 1 spiro atoms. The fraction of sp³-hybridized carbons (Fsp3) is 0.857. The number of hydrogen-bond donors (Lipinski definition) is 1. The van der Waals surface area contributed by atoms with Crippen LogP contribution in [-0.4, -0.2) is 36.9 Å². The second-order valence-electron chi connectivity index (χ2n) is 5.81. The molecule has 2 aliphatic rings. The second-order valence-corrected chi connectivity index (χ2v) is 5.81. The number of nitrogens with zero attached hydrogens (tertiary/aromatic N) is 1. The van der Waals surface area contributed by atoms with Gasteiger partial charge in [0.05, 0.1) is 0 Å². The molecule has 2 rings (SSSR count). The van der Waals surface area contributed by atoms with Crippen LogP contribution in [0.25, 0.3) is 0 Å². The average molecular weight is 252 g/mol. The molecule has 4 nitrogen and oxygen atoms in total. The van der Waals surface area contributed by atoms with Gasteiger partial charge in [-0.1, -0.05) is 19.3 Å². The second kappa shape index (κ2) is 5.83. The maximum atomic E-state index is 12.2. The normalized spacial score (nSPS) is 23.7. The van der Waals surface area contributed by atoms with Gasteiger partial charge in [0.2, 0.25) is 11.8 Å². The summed E-state index contributed by atoms with van der Waals surface area (Å²) in [6.07, 6.45) is 7.79. The number of rotatable bonds is 4. The van der Waals surface area contributed by atoms with Crippen LogP contribution in [0.5, 0.6) is 0 Å². The fourth-order valence-electron chi connectivity index (χ4n) is 3.35. The Bertz CT molecular complexity index is 302. The lowest BCUT2D eigenvalue weighted by Crippen LogP contribution is -2.49. The average Bonchev–Trinajstić information content (AvgIpc) is 2.34. The van der Waals surface area contributed by atoms with Gasteiger partial charge in [0.1, 0.15) is 0 Å². The summed E-state index contributed by atoms with van der Waals surface area (Å²) in [6.45, 7) is 1.43. The largest absolute Gasteiger partial charge is 0.320 e. The van der Waals surface area contributed by atoms with Gasteiger partial charge in [0, 0.05) is 19.4 Å². The Hall–Kier alpha value is -0.900. The summed E-state index contributed by atoms with van der Waals surface area (Å²) in [4.78, 5) is 25.8. The first-order valence-electron chi connectivity index (χ1n) is 7.15. The van der Waals surface area contributed by atoms with Crippen molar-refractivity contribution in [3.05, 3.63) is 0 Å². The monoisotopic (exact) mass is 252 g/mol. The molecule has 4 heteroatoms. The molecule has 0 unspecified atom stereocenters. The molecule has 0 bridgehead atoms. The standard InChI is InChI=1S/C14H24N2O2/c1-15-8-5-9-16-12(17)10-14(11-13(16)18)6-3-2-4-7-14/h15H,2-11H2,1H3. The number of amides is 2. The van der Waals surface area contributed by atoms with Crippen LogP contribution in [0.2, 0.25) is 0 Å². The molecule has 102 valence electrons. The Morgan fingerprint density at radius 3 is 2.28 bits per heavy atom. The third-order valence-electron chi connectivity index (χ3n) is 4.38. The molecular weight excluding hydrogens is 228 g/mol. The summed E-state index contributed by atoms with van der Waals surface area (Å²) >= 11 is 0. The number of carbonyl (C=O) groups excluding carboxylic acids is 2. The van der Waals surface area contributed by atoms with E-state index in [0.717, 1.165) is 25.8 Å². The van der Waals surface area contributed by atoms with E-state index in [1.54, 1.807) is 0 Å². The molecule has 0 aromatic rings. The third kappa shape index (κ3) is 2.91. The molecule has 2 fully saturated rings. The summed E-state index contributed by atoms with van der Waals surface area (Å²) in [5.74, 6) is 0.119. The van der Waals surface area contributed by atoms with Crippen LogP contribution in [0, 0.1) is 5.41 Å². The molecule has 0 atom stereocenters. The highest BCUT2D eigenvalue weighted by molar-refractivity contribution is 5.98. The van der Waals surface area contributed by atoms with E-state index in [0.29, 0.717) is 19.4 Å². The lowest BCUT2D eigenvalue weighted by Gasteiger charge is -2.42. The minimum Gasteiger partial charge on any atom is -0.320 e. The zero-order valence-electron chi connectivity index (χ0n) is 11.3. The van der Waals surface area contributed by atoms with E-state index >= 15 is 0 Å². The zero-order valence-corrected chi connectivity index (χ0v) is 11.3. The van der Waals surface area contributed by atoms with Crippen molar-refractivity contribution in [1.82, 2.24) is 10.2 Å². The van der Waals surface area contributed by atoms with Crippen LogP contribution < -0.4 is 5.32 Å². The third-order valence-corrected chi connectivity index (χ3v) is 4.38. The van der Waals surface area contributed by atoms with Crippen molar-refractivity contribution >= 4 is 11.8 Å². The van der Waals surface area contributed by atoms with Gasteiger partial charge < -0.3 is 5.32 Å². The van der Waals surface area contributed by atoms with Crippen molar-refractivity contribution in [1.29, 1.82) is 0 Å². The predicted molar refractivity (Wildman–Crippen MR) is 70.0 cm³/mol. The molecule has 1 aliphatic carbocycles. The van der Waals surface area contributed by atoms with E-state index in [2.05, 4.69) is 5.32 Å². The highest BCUT2D eigenvalue weighted by Crippen LogP contribution is 2.45. The van der Waals surface area contributed by atoms with E-state index in [4.69, 9.17) is 0 Å². The Balaban J connectivity index is 1.94. The number of nitrogens with one attached hydrogen (secondary N) is 1. The van der Waals surface area contributed by atoms with Gasteiger partial charge in [-0.15, -0.1) is 0 Å². The van der Waals surface area contributed by atoms with Gasteiger partial charge in [0.15, 0.2) is 0 Å². The molecule has 1 aliphatic heterocycles. The van der Waals surface area contributed by atoms with Crippen LogP contribution in [0.15, 0.2) is 0 Å². The van der Waals surface area contributed by atoms with Crippen molar-refractivity contribution in [3.63, 3.8) is 0 Å². The topological polar surface area (TPSA) is 49.4 Å². The summed E-state index contributed by atoms with van der Waals surface area (Å²) in [5.41, 5.74) is 0.0198. The summed E-state index contributed by atoms with van der Waals surface area (Å²) in [5, 5.41) is 3.04. The minimum absolute atomic E-state index is 0.0198. The van der Waals surface area contributed by atoms with Gasteiger partial charge in [-0.2, -0.15) is 0 Å². The predicted octanol–water partition coefficient (Wildman–Crippen LogP) is 1.70. The molecule has 1 saturated carbocycles. The first-order valence-corrected chi connectivity index (χ1v) is 7.15. The van der Waals surface area contributed by atoms with E-state index < -0.39 is 0 Å². The van der Waals surface area contributed by atoms with Crippen LogP contribution in [0.4, 0.5) is 0 Å². The summed E-state index contributed by atoms with van der Waals surface area (Å²) < 4.78 is 0. The van der Waals surface area contributed by atoms with Crippen molar-refractivity contribution < 1.29 is 9.59 Å². The van der Waals surface area contributed by atoms with E-state index in [1.165, 1.54) is 24.2 Å². The van der Waals surface area contributed by atoms with Crippen molar-refractivity contribution in [2.24, 2.45) is 5.41 Å². The molecule has 1 N–H and O–H groups in total. The highest BCUT2D eigenvalue weighted by Gasteiger charge is 2.43. The molecule has 1 heterocycles. The Morgan fingerprint density at radius 1 is 1.11 bits per heavy atom. The van der Waals surface area contributed by atoms with E-state index in [1.807, 2.05) is 7.05 Å². The first-order chi connectivity index (χ1) is 8.67. The lowest BCUT2D eigenvalue weighted by atomic mass is 9.67. The van der Waals surface area contributed by atoms with Crippen LogP contribution >= 0.6 is 0 Å². The first kappa shape index (κ1) is 13.5. The highest BCUT2D eigenvalue weighted by atomic mass is 16.2. The Kier molecular flexibility index (Phi) is 4.38. The SMILES string of the molecule is CNCCCN1C(=O)CC2(CCCCC2)CC1=O. The summed E-state index contributed by atoms with van der Waals surface area (Å²) in [6, 6.07) is 0. The number of carbonyl (C=O) groups is 2. The van der Waals surface area contributed by atoms with Crippen molar-refractivity contribution in [2.45, 2.75) is 51.4 Å². The van der Waals surface area contributed by atoms with E-state index in [-0.39, 0.29) is 17.2 Å². The zero-order chi connectivity index (χ0) is 13.0. The van der Waals surface area contributed by atoms with Gasteiger partial charge >= 0.3 is 0 Å². The minimum atomic E-state index is 0.0198. The number of imide groups is 1. The van der Waals surface area contributed by atoms with Gasteiger partial charge in [0.25, 0.3) is 0 Å². The van der Waals surface area contributed by atoms with Crippen LogP contribution in [0.3, 0.4) is 0 Å². The maximum absolute atomic E-state index is 12.2. The Morgan fingerprint density at radius 2 is 1.72 bits per heavy atom. The molecule has 0 aromatic carbocycles. The fourth-order valence-corrected chi connectivity index (χ4v) is 3.35. The van der Waals surface area contributed by atoms with Gasteiger partial charge in [-0.05, 0) is 38.3 Å². The molecule has 0 aromatic heterocycles. The van der Waals surface area contributed by atoms with Crippen molar-refractivity contribution in [2.75, 3.05) is 20.1 Å². The molecule has 18 heavy (non-hydrogen) atoms. The molecule has 1 saturated heterocycles. The van der Waals surface area contributed by atoms with Gasteiger partial charge in [-0.3, -0.25) is 14.5 Å². The lowest BCUT2D eigenvalue weighted by molar-refractivity contribution is -0.154. The Labute approximate surface area is 109 Å².